The second kappa shape index (κ2) is 5.31. The van der Waals surface area contributed by atoms with Crippen molar-refractivity contribution in [3.8, 4) is 0 Å². The van der Waals surface area contributed by atoms with E-state index in [0.717, 1.165) is 11.3 Å². The highest BCUT2D eigenvalue weighted by Crippen LogP contribution is 2.19. The van der Waals surface area contributed by atoms with E-state index in [2.05, 4.69) is 10.3 Å². The quantitative estimate of drug-likeness (QED) is 0.811. The van der Waals surface area contributed by atoms with Gasteiger partial charge in [-0.25, -0.2) is 0 Å². The zero-order chi connectivity index (χ0) is 13.0. The van der Waals surface area contributed by atoms with Crippen molar-refractivity contribution in [3.63, 3.8) is 0 Å². The fourth-order valence-corrected chi connectivity index (χ4v) is 1.67. The first kappa shape index (κ1) is 12.1. The second-order valence-electron chi connectivity index (χ2n) is 4.12. The van der Waals surface area contributed by atoms with Gasteiger partial charge in [0.25, 0.3) is 0 Å². The molecule has 0 aliphatic heterocycles. The molecule has 0 radical (unpaired) electrons. The summed E-state index contributed by atoms with van der Waals surface area (Å²) in [5, 5.41) is 2.84. The van der Waals surface area contributed by atoms with Crippen LogP contribution in [0.15, 0.2) is 48.8 Å². The summed E-state index contributed by atoms with van der Waals surface area (Å²) in [6.07, 6.45) is 3.28. The smallest absolute Gasteiger partial charge is 0.231 e. The van der Waals surface area contributed by atoms with E-state index in [4.69, 9.17) is 5.73 Å². The van der Waals surface area contributed by atoms with Crippen molar-refractivity contribution < 1.29 is 4.79 Å². The minimum Gasteiger partial charge on any atom is -0.399 e. The van der Waals surface area contributed by atoms with E-state index in [1.807, 2.05) is 25.1 Å². The maximum absolute atomic E-state index is 12.1. The Morgan fingerprint density at radius 2 is 2.00 bits per heavy atom. The maximum atomic E-state index is 12.1. The molecule has 4 nitrogen and oxygen atoms in total. The van der Waals surface area contributed by atoms with Crippen molar-refractivity contribution in [2.75, 3.05) is 11.1 Å². The monoisotopic (exact) mass is 241 g/mol. The van der Waals surface area contributed by atoms with Gasteiger partial charge >= 0.3 is 0 Å². The Labute approximate surface area is 106 Å². The van der Waals surface area contributed by atoms with Crippen molar-refractivity contribution in [3.05, 3.63) is 54.4 Å². The molecule has 0 fully saturated rings. The zero-order valence-corrected chi connectivity index (χ0v) is 10.1. The topological polar surface area (TPSA) is 68.0 Å². The molecule has 1 unspecified atom stereocenters. The Balaban J connectivity index is 2.10. The number of nitrogens with one attached hydrogen (secondary N) is 1. The first-order chi connectivity index (χ1) is 8.66. The standard InChI is InChI=1S/C14H15N3O/c1-10(11-3-2-4-12(15)9-11)14(18)17-13-5-7-16-8-6-13/h2-10H,15H2,1H3,(H,16,17,18). The molecule has 18 heavy (non-hydrogen) atoms. The predicted octanol–water partition coefficient (Wildman–Crippen LogP) is 2.41. The van der Waals surface area contributed by atoms with Crippen LogP contribution in [0, 0.1) is 0 Å². The van der Waals surface area contributed by atoms with Gasteiger partial charge in [-0.15, -0.1) is 0 Å². The first-order valence-corrected chi connectivity index (χ1v) is 5.73. The Morgan fingerprint density at radius 1 is 1.28 bits per heavy atom. The third-order valence-electron chi connectivity index (χ3n) is 2.75. The third-order valence-corrected chi connectivity index (χ3v) is 2.75. The molecule has 1 atom stereocenters. The average Bonchev–Trinajstić information content (AvgIpc) is 2.39. The van der Waals surface area contributed by atoms with Gasteiger partial charge in [-0.1, -0.05) is 12.1 Å². The fourth-order valence-electron chi connectivity index (χ4n) is 1.67. The molecule has 92 valence electrons. The van der Waals surface area contributed by atoms with Gasteiger partial charge in [0.05, 0.1) is 5.92 Å². The number of hydrogen-bond donors (Lipinski definition) is 2. The molecule has 0 spiro atoms. The van der Waals surface area contributed by atoms with Crippen molar-refractivity contribution in [2.24, 2.45) is 0 Å². The third kappa shape index (κ3) is 2.85. The Hall–Kier alpha value is -2.36. The number of carbonyl (C=O) groups excluding carboxylic acids is 1. The van der Waals surface area contributed by atoms with Gasteiger partial charge in [0, 0.05) is 23.8 Å². The number of nitrogens with two attached hydrogens (primary N) is 1. The second-order valence-corrected chi connectivity index (χ2v) is 4.12. The lowest BCUT2D eigenvalue weighted by molar-refractivity contribution is -0.117. The minimum absolute atomic E-state index is 0.0631. The van der Waals surface area contributed by atoms with Crippen molar-refractivity contribution in [1.82, 2.24) is 4.98 Å². The van der Waals surface area contributed by atoms with Crippen molar-refractivity contribution >= 4 is 17.3 Å². The highest BCUT2D eigenvalue weighted by Gasteiger charge is 2.15. The summed E-state index contributed by atoms with van der Waals surface area (Å²) in [5.41, 5.74) is 8.02. The van der Waals surface area contributed by atoms with Gasteiger partial charge in [-0.3, -0.25) is 9.78 Å². The van der Waals surface area contributed by atoms with Crippen LogP contribution in [-0.4, -0.2) is 10.9 Å². The molecule has 2 aromatic rings. The molecule has 2 rings (SSSR count). The molecule has 0 bridgehead atoms. The van der Waals surface area contributed by atoms with Gasteiger partial charge in [-0.05, 0) is 36.8 Å². The molecular weight excluding hydrogens is 226 g/mol. The first-order valence-electron chi connectivity index (χ1n) is 5.73. The molecule has 0 aliphatic rings. The summed E-state index contributed by atoms with van der Waals surface area (Å²) in [4.78, 5) is 16.0. The number of rotatable bonds is 3. The molecule has 0 saturated carbocycles. The summed E-state index contributed by atoms with van der Waals surface area (Å²) in [7, 11) is 0. The molecule has 4 heteroatoms. The molecule has 3 N–H and O–H groups in total. The van der Waals surface area contributed by atoms with E-state index < -0.39 is 0 Å². The van der Waals surface area contributed by atoms with Crippen LogP contribution >= 0.6 is 0 Å². The highest BCUT2D eigenvalue weighted by atomic mass is 16.1. The summed E-state index contributed by atoms with van der Waals surface area (Å²) in [6, 6.07) is 10.9. The van der Waals surface area contributed by atoms with E-state index >= 15 is 0 Å². The van der Waals surface area contributed by atoms with E-state index in [-0.39, 0.29) is 11.8 Å². The number of anilines is 2. The molecular formula is C14H15N3O. The summed E-state index contributed by atoms with van der Waals surface area (Å²) >= 11 is 0. The molecule has 1 amide bonds. The molecule has 1 aromatic carbocycles. The SMILES string of the molecule is CC(C(=O)Nc1ccncc1)c1cccc(N)c1. The number of hydrogen-bond acceptors (Lipinski definition) is 3. The maximum Gasteiger partial charge on any atom is 0.231 e. The van der Waals surface area contributed by atoms with Gasteiger partial charge in [0.15, 0.2) is 0 Å². The Morgan fingerprint density at radius 3 is 2.67 bits per heavy atom. The summed E-state index contributed by atoms with van der Waals surface area (Å²) < 4.78 is 0. The lowest BCUT2D eigenvalue weighted by Gasteiger charge is -2.12. The van der Waals surface area contributed by atoms with E-state index in [0.29, 0.717) is 5.69 Å². The number of nitrogen functional groups attached to an aromatic ring is 1. The number of carbonyl (C=O) groups is 1. The lowest BCUT2D eigenvalue weighted by atomic mass is 10.00. The van der Waals surface area contributed by atoms with Crippen molar-refractivity contribution in [2.45, 2.75) is 12.8 Å². The van der Waals surface area contributed by atoms with Gasteiger partial charge in [-0.2, -0.15) is 0 Å². The number of pyridine rings is 1. The van der Waals surface area contributed by atoms with Crippen LogP contribution in [0.3, 0.4) is 0 Å². The largest absolute Gasteiger partial charge is 0.399 e. The van der Waals surface area contributed by atoms with Crippen LogP contribution < -0.4 is 11.1 Å². The van der Waals surface area contributed by atoms with Crippen LogP contribution in [0.2, 0.25) is 0 Å². The molecule has 0 aliphatic carbocycles. The van der Waals surface area contributed by atoms with Crippen LogP contribution in [0.5, 0.6) is 0 Å². The van der Waals surface area contributed by atoms with E-state index in [1.54, 1.807) is 30.6 Å². The van der Waals surface area contributed by atoms with Gasteiger partial charge in [0.1, 0.15) is 0 Å². The molecule has 1 aromatic heterocycles. The van der Waals surface area contributed by atoms with Crippen LogP contribution in [0.25, 0.3) is 0 Å². The van der Waals surface area contributed by atoms with E-state index in [1.165, 1.54) is 0 Å². The normalized spacial score (nSPS) is 11.8. The van der Waals surface area contributed by atoms with Crippen LogP contribution in [0.4, 0.5) is 11.4 Å². The minimum atomic E-state index is -0.248. The fraction of sp³-hybridized carbons (Fsp3) is 0.143. The zero-order valence-electron chi connectivity index (χ0n) is 10.1. The predicted molar refractivity (Wildman–Crippen MR) is 72.1 cm³/mol. The number of aromatic nitrogens is 1. The summed E-state index contributed by atoms with van der Waals surface area (Å²) in [6.45, 7) is 1.85. The Kier molecular flexibility index (Phi) is 3.57. The van der Waals surface area contributed by atoms with Crippen molar-refractivity contribution in [1.29, 1.82) is 0 Å². The van der Waals surface area contributed by atoms with Gasteiger partial charge in [0.2, 0.25) is 5.91 Å². The molecule has 1 heterocycles. The number of benzene rings is 1. The number of nitrogens with zero attached hydrogens (tertiary/aromatic N) is 1. The Bertz CT molecular complexity index is 540. The average molecular weight is 241 g/mol. The van der Waals surface area contributed by atoms with Crippen LogP contribution in [-0.2, 0) is 4.79 Å². The lowest BCUT2D eigenvalue weighted by Crippen LogP contribution is -2.18. The summed E-state index contributed by atoms with van der Waals surface area (Å²) in [5.74, 6) is -0.312. The van der Waals surface area contributed by atoms with E-state index in [9.17, 15) is 4.79 Å². The van der Waals surface area contributed by atoms with Crippen LogP contribution in [0.1, 0.15) is 18.4 Å². The van der Waals surface area contributed by atoms with Gasteiger partial charge < -0.3 is 11.1 Å². The molecule has 0 saturated heterocycles. The number of amides is 1. The highest BCUT2D eigenvalue weighted by molar-refractivity contribution is 5.95.